The summed E-state index contributed by atoms with van der Waals surface area (Å²) in [6.07, 6.45) is 0.500. The minimum atomic E-state index is 0.250. The first kappa shape index (κ1) is 40.6. The monoisotopic (exact) mass is 508 g/mol. The van der Waals surface area contributed by atoms with Gasteiger partial charge in [-0.05, 0) is 34.4 Å². The molecule has 0 aromatic heterocycles. The van der Waals surface area contributed by atoms with Crippen molar-refractivity contribution in [3.63, 3.8) is 0 Å². The van der Waals surface area contributed by atoms with Gasteiger partial charge in [-0.15, -0.1) is 0 Å². The van der Waals surface area contributed by atoms with Gasteiger partial charge in [0, 0.05) is 0 Å². The van der Waals surface area contributed by atoms with Crippen molar-refractivity contribution in [2.45, 2.75) is 87.0 Å². The van der Waals surface area contributed by atoms with E-state index in [1.54, 1.807) is 0 Å². The molecule has 0 aliphatic heterocycles. The van der Waals surface area contributed by atoms with Crippen LogP contribution in [0.25, 0.3) is 0 Å². The molecule has 0 saturated carbocycles. The second-order valence-electron chi connectivity index (χ2n) is 7.86. The average Bonchev–Trinajstić information content (AvgIpc) is 2.94. The lowest BCUT2D eigenvalue weighted by Gasteiger charge is -2.01. The van der Waals surface area contributed by atoms with Crippen molar-refractivity contribution in [1.29, 1.82) is 0 Å². The van der Waals surface area contributed by atoms with Crippen molar-refractivity contribution in [3.8, 4) is 0 Å². The summed E-state index contributed by atoms with van der Waals surface area (Å²) in [6, 6.07) is 31.6. The molecule has 0 N–H and O–H groups in total. The van der Waals surface area contributed by atoms with Crippen molar-refractivity contribution in [2.75, 3.05) is 0 Å². The first-order valence-corrected chi connectivity index (χ1v) is 12.9. The van der Waals surface area contributed by atoms with Crippen molar-refractivity contribution >= 4 is 12.3 Å². The van der Waals surface area contributed by atoms with Gasteiger partial charge in [-0.3, -0.25) is 0 Å². The van der Waals surface area contributed by atoms with Gasteiger partial charge in [0.1, 0.15) is 0 Å². The molecule has 3 aromatic carbocycles. The fraction of sp³-hybridized carbons (Fsp3) is 0.394. The quantitative estimate of drug-likeness (QED) is 0.353. The van der Waals surface area contributed by atoms with E-state index in [0.29, 0.717) is 17.8 Å². The van der Waals surface area contributed by atoms with E-state index in [1.165, 1.54) is 16.7 Å². The molecule has 0 radical (unpaired) electrons. The number of hydrogen-bond acceptors (Lipinski definition) is 4. The van der Waals surface area contributed by atoms with Crippen molar-refractivity contribution in [1.82, 2.24) is 0 Å². The zero-order valence-corrected chi connectivity index (χ0v) is 24.5. The minimum absolute atomic E-state index is 0.250. The van der Waals surface area contributed by atoms with E-state index < -0.39 is 0 Å². The Kier molecular flexibility index (Phi) is 35.6. The molecule has 0 saturated heterocycles. The molecule has 0 spiro atoms. The van der Waals surface area contributed by atoms with E-state index in [1.807, 2.05) is 45.9 Å². The van der Waals surface area contributed by atoms with E-state index in [2.05, 4.69) is 114 Å². The SMILES string of the molecule is CC.CC.CC(C)c1ccccc1.CC(C)c1ccccc1.CC(C)c1ccccc1.O=C=O.O=C=O. The molecule has 0 fully saturated rings. The predicted molar refractivity (Wildman–Crippen MR) is 154 cm³/mol. The highest BCUT2D eigenvalue weighted by Gasteiger charge is 1.94. The van der Waals surface area contributed by atoms with Crippen LogP contribution in [0.3, 0.4) is 0 Å². The molecular formula is C33H48O4. The Morgan fingerprint density at radius 2 is 0.514 bits per heavy atom. The van der Waals surface area contributed by atoms with Crippen molar-refractivity contribution in [2.24, 2.45) is 0 Å². The topological polar surface area (TPSA) is 68.3 Å². The Bertz CT molecular complexity index is 760. The van der Waals surface area contributed by atoms with Crippen molar-refractivity contribution < 1.29 is 19.2 Å². The van der Waals surface area contributed by atoms with Gasteiger partial charge >= 0.3 is 12.3 Å². The summed E-state index contributed by atoms with van der Waals surface area (Å²) in [4.78, 5) is 32.5. The standard InChI is InChI=1S/3C9H12.2C2H6.2CO2/c3*1-8(2)9-6-4-3-5-7-9;2*1-2;2*2-1-3/h3*3-8H,1-2H3;2*1-2H3;;. The van der Waals surface area contributed by atoms with E-state index in [4.69, 9.17) is 19.2 Å². The van der Waals surface area contributed by atoms with Gasteiger partial charge in [-0.2, -0.15) is 19.2 Å². The van der Waals surface area contributed by atoms with E-state index in [0.717, 1.165) is 0 Å². The highest BCUT2D eigenvalue weighted by molar-refractivity contribution is 5.20. The molecule has 4 heteroatoms. The highest BCUT2D eigenvalue weighted by atomic mass is 16.2. The molecule has 3 aromatic rings. The fourth-order valence-corrected chi connectivity index (χ4v) is 2.51. The summed E-state index contributed by atoms with van der Waals surface area (Å²) in [6.45, 7) is 21.2. The lowest BCUT2D eigenvalue weighted by molar-refractivity contribution is -0.193. The molecular weight excluding hydrogens is 460 g/mol. The van der Waals surface area contributed by atoms with E-state index in [-0.39, 0.29) is 12.3 Å². The zero-order valence-electron chi connectivity index (χ0n) is 24.5. The Morgan fingerprint density at radius 3 is 0.595 bits per heavy atom. The van der Waals surface area contributed by atoms with E-state index >= 15 is 0 Å². The number of rotatable bonds is 3. The summed E-state index contributed by atoms with van der Waals surface area (Å²) < 4.78 is 0. The lowest BCUT2D eigenvalue weighted by Crippen LogP contribution is -1.83. The van der Waals surface area contributed by atoms with Gasteiger partial charge in [-0.1, -0.05) is 160 Å². The van der Waals surface area contributed by atoms with Gasteiger partial charge in [0.2, 0.25) is 0 Å². The van der Waals surface area contributed by atoms with Gasteiger partial charge < -0.3 is 0 Å². The molecule has 3 rings (SSSR count). The molecule has 0 aliphatic rings. The zero-order chi connectivity index (χ0) is 29.5. The second-order valence-corrected chi connectivity index (χ2v) is 7.86. The average molecular weight is 509 g/mol. The summed E-state index contributed by atoms with van der Waals surface area (Å²) in [5.74, 6) is 1.98. The van der Waals surface area contributed by atoms with Crippen LogP contribution in [0.1, 0.15) is 104 Å². The lowest BCUT2D eigenvalue weighted by atomic mass is 10.0. The van der Waals surface area contributed by atoms with Gasteiger partial charge in [-0.25, -0.2) is 0 Å². The maximum Gasteiger partial charge on any atom is 0.373 e. The molecule has 0 bridgehead atoms. The minimum Gasteiger partial charge on any atom is -0.186 e. The van der Waals surface area contributed by atoms with Crippen LogP contribution < -0.4 is 0 Å². The van der Waals surface area contributed by atoms with Crippen LogP contribution in [0, 0.1) is 0 Å². The Hall–Kier alpha value is -3.58. The third kappa shape index (κ3) is 28.5. The predicted octanol–water partition coefficient (Wildman–Crippen LogP) is 9.32. The van der Waals surface area contributed by atoms with Gasteiger partial charge in [0.25, 0.3) is 0 Å². The largest absolute Gasteiger partial charge is 0.373 e. The third-order valence-electron chi connectivity index (χ3n) is 4.40. The van der Waals surface area contributed by atoms with Crippen LogP contribution >= 0.6 is 0 Å². The van der Waals surface area contributed by atoms with Crippen LogP contribution in [-0.4, -0.2) is 12.3 Å². The highest BCUT2D eigenvalue weighted by Crippen LogP contribution is 2.13. The molecule has 0 aliphatic carbocycles. The summed E-state index contributed by atoms with van der Waals surface area (Å²) in [5.41, 5.74) is 4.24. The van der Waals surface area contributed by atoms with Crippen LogP contribution in [0.2, 0.25) is 0 Å². The van der Waals surface area contributed by atoms with E-state index in [9.17, 15) is 0 Å². The first-order chi connectivity index (χ1) is 17.7. The second kappa shape index (κ2) is 32.4. The molecule has 0 heterocycles. The molecule has 4 nitrogen and oxygen atoms in total. The smallest absolute Gasteiger partial charge is 0.186 e. The number of carbonyl (C=O) groups excluding carboxylic acids is 4. The normalized spacial score (nSPS) is 8.14. The van der Waals surface area contributed by atoms with Crippen LogP contribution in [0.4, 0.5) is 0 Å². The molecule has 37 heavy (non-hydrogen) atoms. The summed E-state index contributed by atoms with van der Waals surface area (Å²) >= 11 is 0. The number of benzene rings is 3. The molecule has 0 amide bonds. The Balaban J connectivity index is -0.000000188. The van der Waals surface area contributed by atoms with Crippen LogP contribution in [-0.2, 0) is 19.2 Å². The van der Waals surface area contributed by atoms with Crippen LogP contribution in [0.5, 0.6) is 0 Å². The molecule has 0 unspecified atom stereocenters. The summed E-state index contributed by atoms with van der Waals surface area (Å²) in [5, 5.41) is 0. The molecule has 0 atom stereocenters. The third-order valence-corrected chi connectivity index (χ3v) is 4.40. The first-order valence-electron chi connectivity index (χ1n) is 12.9. The van der Waals surface area contributed by atoms with Gasteiger partial charge in [0.05, 0.1) is 0 Å². The Morgan fingerprint density at radius 1 is 0.378 bits per heavy atom. The Labute approximate surface area is 226 Å². The summed E-state index contributed by atoms with van der Waals surface area (Å²) in [7, 11) is 0. The maximum absolute atomic E-state index is 8.12. The number of hydrogen-bond donors (Lipinski definition) is 0. The maximum atomic E-state index is 8.12. The molecule has 204 valence electrons. The van der Waals surface area contributed by atoms with Crippen LogP contribution in [0.15, 0.2) is 91.0 Å². The van der Waals surface area contributed by atoms with Crippen molar-refractivity contribution in [3.05, 3.63) is 108 Å². The van der Waals surface area contributed by atoms with Gasteiger partial charge in [0.15, 0.2) is 0 Å². The fourth-order valence-electron chi connectivity index (χ4n) is 2.51.